The molecule has 0 amide bonds. The highest BCUT2D eigenvalue weighted by Gasteiger charge is 2.61. The van der Waals surface area contributed by atoms with E-state index in [0.29, 0.717) is 36.5 Å². The predicted molar refractivity (Wildman–Crippen MR) is 117 cm³/mol. The molecule has 0 aromatic heterocycles. The van der Waals surface area contributed by atoms with Crippen molar-refractivity contribution in [2.75, 3.05) is 0 Å². The maximum atomic E-state index is 11.1. The fourth-order valence-electron chi connectivity index (χ4n) is 6.69. The molecule has 2 aromatic rings. The molecular formula is C27H30O3. The van der Waals surface area contributed by atoms with E-state index >= 15 is 0 Å². The van der Waals surface area contributed by atoms with Gasteiger partial charge in [-0.3, -0.25) is 0 Å². The summed E-state index contributed by atoms with van der Waals surface area (Å²) in [6.45, 7) is 2.65. The van der Waals surface area contributed by atoms with Gasteiger partial charge in [-0.15, -0.1) is 6.42 Å². The van der Waals surface area contributed by atoms with Crippen LogP contribution in [-0.4, -0.2) is 15.8 Å². The van der Waals surface area contributed by atoms with Crippen LogP contribution >= 0.6 is 0 Å². The molecule has 5 rings (SSSR count). The van der Waals surface area contributed by atoms with E-state index in [1.807, 2.05) is 36.4 Å². The van der Waals surface area contributed by atoms with Gasteiger partial charge in [-0.2, -0.15) is 0 Å². The van der Waals surface area contributed by atoms with E-state index in [9.17, 15) is 10.2 Å². The number of fused-ring (bicyclic) bond motifs is 5. The second kappa shape index (κ2) is 7.06. The summed E-state index contributed by atoms with van der Waals surface area (Å²) >= 11 is 0. The average Bonchev–Trinajstić information content (AvgIpc) is 3.04. The molecule has 3 aliphatic carbocycles. The van der Waals surface area contributed by atoms with Crippen molar-refractivity contribution in [2.24, 2.45) is 17.3 Å². The van der Waals surface area contributed by atoms with Crippen LogP contribution in [0.1, 0.15) is 61.6 Å². The Morgan fingerprint density at radius 1 is 1.13 bits per heavy atom. The van der Waals surface area contributed by atoms with Gasteiger partial charge in [-0.1, -0.05) is 43.2 Å². The van der Waals surface area contributed by atoms with Crippen LogP contribution < -0.4 is 4.74 Å². The number of ether oxygens (including phenoxy) is 1. The zero-order valence-corrected chi connectivity index (χ0v) is 17.6. The van der Waals surface area contributed by atoms with Gasteiger partial charge in [0.05, 0.1) is 0 Å². The van der Waals surface area contributed by atoms with Crippen LogP contribution in [0.5, 0.6) is 11.5 Å². The van der Waals surface area contributed by atoms with Crippen molar-refractivity contribution in [3.05, 3.63) is 59.2 Å². The highest BCUT2D eigenvalue weighted by atomic mass is 16.5. The highest BCUT2D eigenvalue weighted by molar-refractivity contribution is 5.49. The van der Waals surface area contributed by atoms with E-state index in [0.717, 1.165) is 37.7 Å². The molecule has 5 atom stereocenters. The maximum absolute atomic E-state index is 11.1. The number of phenols is 1. The third-order valence-electron chi connectivity index (χ3n) is 8.43. The normalized spacial score (nSPS) is 34.4. The van der Waals surface area contributed by atoms with Crippen molar-refractivity contribution in [3.63, 3.8) is 0 Å². The first-order valence-corrected chi connectivity index (χ1v) is 11.2. The Balaban J connectivity index is 1.43. The SMILES string of the molecule is C#C[C@]1(O)CC[C@H]2[C@@H]3CCc4cc(O)c(OCc5ccccc5)cc4[C@H]3CC[C@@]21C. The molecule has 0 heterocycles. The predicted octanol–water partition coefficient (Wildman–Crippen LogP) is 5.19. The van der Waals surface area contributed by atoms with Crippen LogP contribution in [0, 0.1) is 29.6 Å². The van der Waals surface area contributed by atoms with Gasteiger partial charge in [0.15, 0.2) is 11.5 Å². The van der Waals surface area contributed by atoms with Gasteiger partial charge in [-0.25, -0.2) is 0 Å². The Bertz CT molecular complexity index is 991. The van der Waals surface area contributed by atoms with Gasteiger partial charge in [0.25, 0.3) is 0 Å². The summed E-state index contributed by atoms with van der Waals surface area (Å²) in [4.78, 5) is 0. The summed E-state index contributed by atoms with van der Waals surface area (Å²) in [7, 11) is 0. The first-order chi connectivity index (χ1) is 14.4. The van der Waals surface area contributed by atoms with Gasteiger partial charge < -0.3 is 14.9 Å². The largest absolute Gasteiger partial charge is 0.504 e. The quantitative estimate of drug-likeness (QED) is 0.695. The number of terminal acetylenes is 1. The van der Waals surface area contributed by atoms with Crippen molar-refractivity contribution in [2.45, 2.75) is 63.6 Å². The van der Waals surface area contributed by atoms with Crippen LogP contribution in [-0.2, 0) is 13.0 Å². The van der Waals surface area contributed by atoms with Gasteiger partial charge >= 0.3 is 0 Å². The smallest absolute Gasteiger partial charge is 0.161 e. The summed E-state index contributed by atoms with van der Waals surface area (Å²) in [5, 5.41) is 21.7. The number of aryl methyl sites for hydroxylation is 1. The van der Waals surface area contributed by atoms with E-state index < -0.39 is 5.60 Å². The third kappa shape index (κ3) is 2.85. The van der Waals surface area contributed by atoms with E-state index in [2.05, 4.69) is 18.9 Å². The first kappa shape index (κ1) is 19.5. The minimum atomic E-state index is -0.970. The van der Waals surface area contributed by atoms with E-state index in [-0.39, 0.29) is 11.2 Å². The lowest BCUT2D eigenvalue weighted by molar-refractivity contribution is -0.0647. The van der Waals surface area contributed by atoms with Crippen LogP contribution in [0.4, 0.5) is 0 Å². The van der Waals surface area contributed by atoms with Gasteiger partial charge in [0.2, 0.25) is 0 Å². The second-order valence-electron chi connectivity index (χ2n) is 9.71. The Hall–Kier alpha value is -2.44. The number of hydrogen-bond donors (Lipinski definition) is 2. The molecule has 0 aliphatic heterocycles. The molecule has 2 N–H and O–H groups in total. The Morgan fingerprint density at radius 2 is 1.93 bits per heavy atom. The molecule has 2 fully saturated rings. The maximum Gasteiger partial charge on any atom is 0.161 e. The highest BCUT2D eigenvalue weighted by Crippen LogP contribution is 2.64. The lowest BCUT2D eigenvalue weighted by Crippen LogP contribution is -2.50. The number of hydrogen-bond acceptors (Lipinski definition) is 3. The topological polar surface area (TPSA) is 49.7 Å². The molecule has 0 bridgehead atoms. The van der Waals surface area contributed by atoms with Crippen LogP contribution in [0.3, 0.4) is 0 Å². The van der Waals surface area contributed by atoms with Crippen LogP contribution in [0.25, 0.3) is 0 Å². The summed E-state index contributed by atoms with van der Waals surface area (Å²) < 4.78 is 6.01. The molecule has 0 radical (unpaired) electrons. The molecule has 0 spiro atoms. The number of phenolic OH excluding ortho intramolecular Hbond substituents is 1. The molecule has 30 heavy (non-hydrogen) atoms. The Kier molecular flexibility index (Phi) is 4.60. The number of rotatable bonds is 3. The average molecular weight is 403 g/mol. The van der Waals surface area contributed by atoms with E-state index in [1.165, 1.54) is 11.1 Å². The number of aliphatic hydroxyl groups is 1. The first-order valence-electron chi connectivity index (χ1n) is 11.2. The summed E-state index contributed by atoms with van der Waals surface area (Å²) in [6, 6.07) is 14.0. The molecule has 3 nitrogen and oxygen atoms in total. The minimum absolute atomic E-state index is 0.190. The fourth-order valence-corrected chi connectivity index (χ4v) is 6.69. The van der Waals surface area contributed by atoms with Crippen molar-refractivity contribution in [1.29, 1.82) is 0 Å². The van der Waals surface area contributed by atoms with Crippen molar-refractivity contribution >= 4 is 0 Å². The minimum Gasteiger partial charge on any atom is -0.504 e. The standard InChI is InChI=1S/C27H30O3/c1-3-27(29)14-12-23-21-10-9-19-15-24(28)25(30-17-18-7-5-4-6-8-18)16-22(19)20(21)11-13-26(23,27)2/h1,4-8,15-16,20-21,23,28-29H,9-14,17H2,2H3/t20-,21+,23-,26-,27-/m0/s1. The monoisotopic (exact) mass is 402 g/mol. The van der Waals surface area contributed by atoms with Gasteiger partial charge in [0, 0.05) is 5.41 Å². The molecule has 0 unspecified atom stereocenters. The number of aromatic hydroxyl groups is 1. The Morgan fingerprint density at radius 3 is 2.70 bits per heavy atom. The molecule has 156 valence electrons. The third-order valence-corrected chi connectivity index (χ3v) is 8.43. The van der Waals surface area contributed by atoms with Gasteiger partial charge in [-0.05, 0) is 85.1 Å². The van der Waals surface area contributed by atoms with E-state index in [4.69, 9.17) is 11.2 Å². The summed E-state index contributed by atoms with van der Waals surface area (Å²) in [6.07, 6.45) is 11.5. The Labute approximate surface area is 179 Å². The second-order valence-corrected chi connectivity index (χ2v) is 9.71. The van der Waals surface area contributed by atoms with Gasteiger partial charge in [0.1, 0.15) is 12.2 Å². The molecule has 3 heteroatoms. The lowest BCUT2D eigenvalue weighted by Gasteiger charge is -2.52. The summed E-state index contributed by atoms with van der Waals surface area (Å²) in [5.41, 5.74) is 2.49. The van der Waals surface area contributed by atoms with Crippen molar-refractivity contribution < 1.29 is 14.9 Å². The molecule has 2 aromatic carbocycles. The zero-order valence-electron chi connectivity index (χ0n) is 17.6. The van der Waals surface area contributed by atoms with Crippen molar-refractivity contribution in [3.8, 4) is 23.8 Å². The van der Waals surface area contributed by atoms with Crippen molar-refractivity contribution in [1.82, 2.24) is 0 Å². The molecule has 3 aliphatic rings. The fraction of sp³-hybridized carbons (Fsp3) is 0.481. The van der Waals surface area contributed by atoms with Crippen LogP contribution in [0.2, 0.25) is 0 Å². The molecule has 0 saturated heterocycles. The molecular weight excluding hydrogens is 372 g/mol. The molecule has 2 saturated carbocycles. The zero-order chi connectivity index (χ0) is 20.9. The summed E-state index contributed by atoms with van der Waals surface area (Å²) in [5.74, 6) is 4.98. The number of benzene rings is 2. The van der Waals surface area contributed by atoms with Crippen LogP contribution in [0.15, 0.2) is 42.5 Å². The van der Waals surface area contributed by atoms with E-state index in [1.54, 1.807) is 0 Å². The lowest BCUT2D eigenvalue weighted by atomic mass is 9.53.